The molecule has 0 aromatic heterocycles. The average Bonchev–Trinajstić information content (AvgIpc) is 2.62. The second-order valence-corrected chi connectivity index (χ2v) is 7.11. The number of ether oxygens (including phenoxy) is 1. The van der Waals surface area contributed by atoms with E-state index in [9.17, 15) is 14.3 Å². The molecule has 2 rings (SSSR count). The number of benzene rings is 2. The van der Waals surface area contributed by atoms with Crippen molar-refractivity contribution in [3.63, 3.8) is 0 Å². The van der Waals surface area contributed by atoms with E-state index in [2.05, 4.69) is 5.32 Å². The van der Waals surface area contributed by atoms with Gasteiger partial charge in [-0.25, -0.2) is 4.39 Å². The first-order valence-electron chi connectivity index (χ1n) is 8.11. The number of carboxylic acids is 1. The maximum absolute atomic E-state index is 13.7. The van der Waals surface area contributed by atoms with Crippen LogP contribution in [-0.4, -0.2) is 29.1 Å². The molecule has 0 saturated heterocycles. The van der Waals surface area contributed by atoms with Gasteiger partial charge in [0.2, 0.25) is 0 Å². The minimum atomic E-state index is -0.894. The first kappa shape index (κ1) is 20.6. The topological polar surface area (TPSA) is 58.6 Å². The summed E-state index contributed by atoms with van der Waals surface area (Å²) in [6.07, 6.45) is 2.45. The van der Waals surface area contributed by atoms with Crippen molar-refractivity contribution in [3.05, 3.63) is 64.4 Å². The molecule has 26 heavy (non-hydrogen) atoms. The van der Waals surface area contributed by atoms with Crippen molar-refractivity contribution in [2.45, 2.75) is 25.6 Å². The Morgan fingerprint density at radius 3 is 2.77 bits per heavy atom. The molecule has 0 spiro atoms. The quantitative estimate of drug-likeness (QED) is 0.624. The number of thioether (sulfide) groups is 1. The third kappa shape index (κ3) is 6.20. The molecule has 0 aliphatic rings. The average molecular weight is 398 g/mol. The molecular formula is C19H21ClFNO3S. The first-order chi connectivity index (χ1) is 12.5. The van der Waals surface area contributed by atoms with Gasteiger partial charge in [-0.2, -0.15) is 11.8 Å². The molecule has 0 heterocycles. The lowest BCUT2D eigenvalue weighted by Gasteiger charge is -2.17. The monoisotopic (exact) mass is 397 g/mol. The Morgan fingerprint density at radius 1 is 1.31 bits per heavy atom. The van der Waals surface area contributed by atoms with Crippen LogP contribution in [0.4, 0.5) is 4.39 Å². The summed E-state index contributed by atoms with van der Waals surface area (Å²) in [7, 11) is 0. The van der Waals surface area contributed by atoms with Crippen LogP contribution < -0.4 is 10.1 Å². The van der Waals surface area contributed by atoms with Crippen LogP contribution in [0.5, 0.6) is 5.75 Å². The molecule has 2 aromatic carbocycles. The fraction of sp³-hybridized carbons (Fsp3) is 0.316. The van der Waals surface area contributed by atoms with E-state index in [4.69, 9.17) is 16.3 Å². The number of rotatable bonds is 10. The van der Waals surface area contributed by atoms with Gasteiger partial charge >= 0.3 is 5.97 Å². The molecule has 4 nitrogen and oxygen atoms in total. The van der Waals surface area contributed by atoms with Crippen LogP contribution in [-0.2, 0) is 17.9 Å². The second-order valence-electron chi connectivity index (χ2n) is 5.69. The molecule has 2 aromatic rings. The Labute approximate surface area is 161 Å². The van der Waals surface area contributed by atoms with Gasteiger partial charge in [-0.1, -0.05) is 29.8 Å². The van der Waals surface area contributed by atoms with Gasteiger partial charge in [-0.15, -0.1) is 0 Å². The van der Waals surface area contributed by atoms with E-state index in [-0.39, 0.29) is 12.4 Å². The summed E-state index contributed by atoms with van der Waals surface area (Å²) < 4.78 is 19.5. The standard InChI is InChI=1S/C19H21ClFNO3S/c1-26-9-8-17(19(23)24)22-11-14-10-15(20)6-7-18(14)25-12-13-4-2-3-5-16(13)21/h2-7,10,17,22H,8-9,11-12H2,1H3,(H,23,24). The number of carboxylic acid groups (broad SMARTS) is 1. The van der Waals surface area contributed by atoms with E-state index < -0.39 is 12.0 Å². The molecule has 0 saturated carbocycles. The Balaban J connectivity index is 2.06. The van der Waals surface area contributed by atoms with Crippen LogP contribution in [0.15, 0.2) is 42.5 Å². The van der Waals surface area contributed by atoms with Gasteiger partial charge in [0.05, 0.1) is 0 Å². The Kier molecular flexibility index (Phi) is 8.22. The van der Waals surface area contributed by atoms with Gasteiger partial charge in [-0.05, 0) is 42.7 Å². The zero-order valence-corrected chi connectivity index (χ0v) is 15.9. The van der Waals surface area contributed by atoms with Crippen molar-refractivity contribution >= 4 is 29.3 Å². The normalized spacial score (nSPS) is 12.0. The second kappa shape index (κ2) is 10.4. The molecule has 0 radical (unpaired) electrons. The van der Waals surface area contributed by atoms with E-state index in [0.29, 0.717) is 29.3 Å². The van der Waals surface area contributed by atoms with E-state index >= 15 is 0 Å². The zero-order valence-electron chi connectivity index (χ0n) is 14.4. The fourth-order valence-corrected chi connectivity index (χ4v) is 3.05. The van der Waals surface area contributed by atoms with E-state index in [1.807, 2.05) is 6.26 Å². The predicted octanol–water partition coefficient (Wildman–Crippen LogP) is 4.35. The molecule has 0 bridgehead atoms. The number of halogens is 2. The van der Waals surface area contributed by atoms with Crippen LogP contribution in [0.25, 0.3) is 0 Å². The lowest BCUT2D eigenvalue weighted by atomic mass is 10.1. The summed E-state index contributed by atoms with van der Waals surface area (Å²) in [5.41, 5.74) is 1.17. The van der Waals surface area contributed by atoms with Gasteiger partial charge in [0.15, 0.2) is 0 Å². The van der Waals surface area contributed by atoms with Gasteiger partial charge in [-0.3, -0.25) is 4.79 Å². The summed E-state index contributed by atoms with van der Waals surface area (Å²) in [5.74, 6) is 0.0640. The Hall–Kier alpha value is -1.76. The highest BCUT2D eigenvalue weighted by molar-refractivity contribution is 7.98. The lowest BCUT2D eigenvalue weighted by Crippen LogP contribution is -2.36. The summed E-state index contributed by atoms with van der Waals surface area (Å²) in [6, 6.07) is 10.9. The van der Waals surface area contributed by atoms with Crippen LogP contribution >= 0.6 is 23.4 Å². The molecule has 0 aliphatic heterocycles. The van der Waals surface area contributed by atoms with Crippen molar-refractivity contribution < 1.29 is 19.0 Å². The molecule has 0 amide bonds. The maximum atomic E-state index is 13.7. The number of aliphatic carboxylic acids is 1. The van der Waals surface area contributed by atoms with Crippen LogP contribution in [0.2, 0.25) is 5.02 Å². The van der Waals surface area contributed by atoms with E-state index in [1.54, 1.807) is 48.2 Å². The SMILES string of the molecule is CSCCC(NCc1cc(Cl)ccc1OCc1ccccc1F)C(=O)O. The lowest BCUT2D eigenvalue weighted by molar-refractivity contribution is -0.139. The smallest absolute Gasteiger partial charge is 0.320 e. The van der Waals surface area contributed by atoms with Gasteiger partial charge in [0.25, 0.3) is 0 Å². The first-order valence-corrected chi connectivity index (χ1v) is 9.88. The highest BCUT2D eigenvalue weighted by Gasteiger charge is 2.17. The van der Waals surface area contributed by atoms with E-state index in [0.717, 1.165) is 11.3 Å². The number of carbonyl (C=O) groups is 1. The Bertz CT molecular complexity index is 744. The fourth-order valence-electron chi connectivity index (χ4n) is 2.38. The highest BCUT2D eigenvalue weighted by Crippen LogP contribution is 2.24. The number of nitrogens with one attached hydrogen (secondary N) is 1. The van der Waals surface area contributed by atoms with Gasteiger partial charge in [0.1, 0.15) is 24.2 Å². The van der Waals surface area contributed by atoms with Crippen LogP contribution in [0, 0.1) is 5.82 Å². The molecule has 140 valence electrons. The molecule has 0 aliphatic carbocycles. The van der Waals surface area contributed by atoms with Crippen LogP contribution in [0.1, 0.15) is 17.5 Å². The molecular weight excluding hydrogens is 377 g/mol. The van der Waals surface area contributed by atoms with Crippen molar-refractivity contribution in [2.24, 2.45) is 0 Å². The molecule has 1 atom stereocenters. The van der Waals surface area contributed by atoms with Crippen molar-refractivity contribution in [3.8, 4) is 5.75 Å². The predicted molar refractivity (Wildman–Crippen MR) is 103 cm³/mol. The summed E-state index contributed by atoms with van der Waals surface area (Å²) in [4.78, 5) is 11.4. The van der Waals surface area contributed by atoms with Crippen molar-refractivity contribution in [2.75, 3.05) is 12.0 Å². The number of hydrogen-bond acceptors (Lipinski definition) is 4. The third-order valence-electron chi connectivity index (χ3n) is 3.81. The summed E-state index contributed by atoms with van der Waals surface area (Å²) in [5, 5.41) is 12.9. The van der Waals surface area contributed by atoms with E-state index in [1.165, 1.54) is 6.07 Å². The molecule has 2 N–H and O–H groups in total. The molecule has 0 fully saturated rings. The Morgan fingerprint density at radius 2 is 2.08 bits per heavy atom. The van der Waals surface area contributed by atoms with Crippen molar-refractivity contribution in [1.82, 2.24) is 5.32 Å². The zero-order chi connectivity index (χ0) is 18.9. The van der Waals surface area contributed by atoms with Gasteiger partial charge in [0, 0.05) is 22.7 Å². The van der Waals surface area contributed by atoms with Crippen LogP contribution in [0.3, 0.4) is 0 Å². The van der Waals surface area contributed by atoms with Crippen molar-refractivity contribution in [1.29, 1.82) is 0 Å². The third-order valence-corrected chi connectivity index (χ3v) is 4.69. The largest absolute Gasteiger partial charge is 0.488 e. The molecule has 1 unspecified atom stereocenters. The highest BCUT2D eigenvalue weighted by atomic mass is 35.5. The minimum absolute atomic E-state index is 0.0795. The summed E-state index contributed by atoms with van der Waals surface area (Å²) in [6.45, 7) is 0.370. The van der Waals surface area contributed by atoms with Gasteiger partial charge < -0.3 is 15.2 Å². The minimum Gasteiger partial charge on any atom is -0.488 e. The summed E-state index contributed by atoms with van der Waals surface area (Å²) >= 11 is 7.65. The molecule has 7 heteroatoms. The maximum Gasteiger partial charge on any atom is 0.320 e. The number of hydrogen-bond donors (Lipinski definition) is 2.